The highest BCUT2D eigenvalue weighted by Crippen LogP contribution is 2.24. The zero-order chi connectivity index (χ0) is 8.81. The first-order chi connectivity index (χ1) is 5.84. The summed E-state index contributed by atoms with van der Waals surface area (Å²) in [7, 11) is 0. The summed E-state index contributed by atoms with van der Waals surface area (Å²) < 4.78 is 0. The van der Waals surface area contributed by atoms with Crippen molar-refractivity contribution in [1.29, 1.82) is 5.26 Å². The van der Waals surface area contributed by atoms with Gasteiger partial charge in [0.15, 0.2) is 0 Å². The van der Waals surface area contributed by atoms with Crippen molar-refractivity contribution in [3.8, 4) is 6.07 Å². The van der Waals surface area contributed by atoms with Gasteiger partial charge in [0, 0.05) is 5.92 Å². The van der Waals surface area contributed by atoms with Gasteiger partial charge in [0.1, 0.15) is 12.3 Å². The van der Waals surface area contributed by atoms with Crippen LogP contribution in [0.1, 0.15) is 25.7 Å². The average molecular weight is 165 g/mol. The molecular weight excluding hydrogens is 154 g/mol. The van der Waals surface area contributed by atoms with Crippen molar-refractivity contribution in [2.45, 2.75) is 25.7 Å². The molecule has 1 aliphatic carbocycles. The number of carbonyl (C=O) groups excluding carboxylic acids is 1. The van der Waals surface area contributed by atoms with Crippen molar-refractivity contribution in [2.75, 3.05) is 0 Å². The van der Waals surface area contributed by atoms with Crippen molar-refractivity contribution < 1.29 is 4.79 Å². The van der Waals surface area contributed by atoms with Gasteiger partial charge >= 0.3 is 0 Å². The van der Waals surface area contributed by atoms with Crippen LogP contribution in [0.15, 0.2) is 5.10 Å². The maximum Gasteiger partial charge on any atom is 0.243 e. The average Bonchev–Trinajstić information content (AvgIpc) is 2.56. The first kappa shape index (κ1) is 8.72. The van der Waals surface area contributed by atoms with Crippen LogP contribution >= 0.6 is 0 Å². The fourth-order valence-electron chi connectivity index (χ4n) is 1.40. The number of rotatable bonds is 2. The normalized spacial score (nSPS) is 17.9. The molecule has 0 bridgehead atoms. The maximum atomic E-state index is 11.2. The number of hydrogen-bond acceptors (Lipinski definition) is 3. The Morgan fingerprint density at radius 3 is 2.83 bits per heavy atom. The van der Waals surface area contributed by atoms with Crippen LogP contribution in [0.2, 0.25) is 0 Å². The van der Waals surface area contributed by atoms with E-state index in [9.17, 15) is 4.79 Å². The summed E-state index contributed by atoms with van der Waals surface area (Å²) in [6.07, 6.45) is 5.18. The zero-order valence-electron chi connectivity index (χ0n) is 6.79. The number of nitrogens with one attached hydrogen (secondary N) is 1. The molecule has 4 nitrogen and oxygen atoms in total. The minimum absolute atomic E-state index is 0.0565. The van der Waals surface area contributed by atoms with Crippen LogP contribution in [-0.4, -0.2) is 12.1 Å². The van der Waals surface area contributed by atoms with Gasteiger partial charge in [-0.1, -0.05) is 12.8 Å². The molecule has 0 spiro atoms. The molecule has 0 saturated heterocycles. The molecule has 0 aliphatic heterocycles. The standard InChI is InChI=1S/C8H11N3O/c9-5-6-10-11-8(12)7-3-1-2-4-7/h6-7H,1-4H2,(H,11,12)/b10-6+. The van der Waals surface area contributed by atoms with Gasteiger partial charge in [-0.05, 0) is 12.8 Å². The van der Waals surface area contributed by atoms with Crippen LogP contribution in [0.5, 0.6) is 0 Å². The number of hydrogen-bond donors (Lipinski definition) is 1. The van der Waals surface area contributed by atoms with Gasteiger partial charge in [-0.2, -0.15) is 10.4 Å². The van der Waals surface area contributed by atoms with Crippen molar-refractivity contribution in [3.63, 3.8) is 0 Å². The number of nitrogens with zero attached hydrogens (tertiary/aromatic N) is 2. The quantitative estimate of drug-likeness (QED) is 0.486. The van der Waals surface area contributed by atoms with E-state index in [4.69, 9.17) is 5.26 Å². The molecule has 64 valence electrons. The lowest BCUT2D eigenvalue weighted by molar-refractivity contribution is -0.124. The summed E-state index contributed by atoms with van der Waals surface area (Å²) in [5.41, 5.74) is 2.33. The van der Waals surface area contributed by atoms with Gasteiger partial charge in [0.05, 0.1) is 0 Å². The lowest BCUT2D eigenvalue weighted by Crippen LogP contribution is -2.24. The molecule has 1 rings (SSSR count). The van der Waals surface area contributed by atoms with E-state index < -0.39 is 0 Å². The predicted octanol–water partition coefficient (Wildman–Crippen LogP) is 0.802. The highest BCUT2D eigenvalue weighted by Gasteiger charge is 2.21. The number of carbonyl (C=O) groups is 1. The van der Waals surface area contributed by atoms with E-state index in [-0.39, 0.29) is 11.8 Å². The van der Waals surface area contributed by atoms with Crippen LogP contribution in [0.3, 0.4) is 0 Å². The number of hydrazone groups is 1. The molecule has 0 unspecified atom stereocenters. The third-order valence-corrected chi connectivity index (χ3v) is 2.02. The predicted molar refractivity (Wildman–Crippen MR) is 44.2 cm³/mol. The fourth-order valence-corrected chi connectivity index (χ4v) is 1.40. The molecule has 4 heteroatoms. The summed E-state index contributed by atoms with van der Waals surface area (Å²) in [5, 5.41) is 11.5. The SMILES string of the molecule is N#C/C=N/NC(=O)C1CCCC1. The van der Waals surface area contributed by atoms with Gasteiger partial charge in [-0.25, -0.2) is 5.43 Å². The van der Waals surface area contributed by atoms with E-state index in [1.165, 1.54) is 0 Å². The van der Waals surface area contributed by atoms with E-state index >= 15 is 0 Å². The first-order valence-electron chi connectivity index (χ1n) is 4.05. The van der Waals surface area contributed by atoms with Crippen LogP contribution in [-0.2, 0) is 4.79 Å². The molecule has 1 amide bonds. The molecule has 1 N–H and O–H groups in total. The van der Waals surface area contributed by atoms with Crippen molar-refractivity contribution in [1.82, 2.24) is 5.43 Å². The molecule has 0 aromatic heterocycles. The van der Waals surface area contributed by atoms with Gasteiger partial charge in [0.2, 0.25) is 5.91 Å². The third kappa shape index (κ3) is 2.35. The monoisotopic (exact) mass is 165 g/mol. The Labute approximate surface area is 71.3 Å². The Hall–Kier alpha value is -1.37. The van der Waals surface area contributed by atoms with Gasteiger partial charge in [-0.3, -0.25) is 4.79 Å². The Morgan fingerprint density at radius 2 is 2.25 bits per heavy atom. The fraction of sp³-hybridized carbons (Fsp3) is 0.625. The van der Waals surface area contributed by atoms with Gasteiger partial charge < -0.3 is 0 Å². The largest absolute Gasteiger partial charge is 0.273 e. The molecule has 0 aromatic rings. The first-order valence-corrected chi connectivity index (χ1v) is 4.05. The molecule has 1 fully saturated rings. The second kappa shape index (κ2) is 4.50. The Morgan fingerprint density at radius 1 is 1.58 bits per heavy atom. The van der Waals surface area contributed by atoms with Crippen LogP contribution in [0.4, 0.5) is 0 Å². The van der Waals surface area contributed by atoms with E-state index in [1.54, 1.807) is 6.07 Å². The summed E-state index contributed by atoms with van der Waals surface area (Å²) in [6.45, 7) is 0. The topological polar surface area (TPSA) is 65.2 Å². The van der Waals surface area contributed by atoms with E-state index in [1.807, 2.05) is 0 Å². The molecule has 0 radical (unpaired) electrons. The molecule has 1 saturated carbocycles. The third-order valence-electron chi connectivity index (χ3n) is 2.02. The molecule has 1 aliphatic rings. The van der Waals surface area contributed by atoms with Crippen molar-refractivity contribution >= 4 is 12.1 Å². The van der Waals surface area contributed by atoms with Crippen LogP contribution < -0.4 is 5.43 Å². The van der Waals surface area contributed by atoms with Crippen LogP contribution in [0.25, 0.3) is 0 Å². The summed E-state index contributed by atoms with van der Waals surface area (Å²) >= 11 is 0. The minimum Gasteiger partial charge on any atom is -0.273 e. The van der Waals surface area contributed by atoms with Gasteiger partial charge in [-0.15, -0.1) is 0 Å². The van der Waals surface area contributed by atoms with Gasteiger partial charge in [0.25, 0.3) is 0 Å². The second-order valence-electron chi connectivity index (χ2n) is 2.84. The molecule has 12 heavy (non-hydrogen) atoms. The lowest BCUT2D eigenvalue weighted by Gasteiger charge is -2.04. The highest BCUT2D eigenvalue weighted by molar-refractivity contribution is 5.81. The Balaban J connectivity index is 2.28. The molecule has 0 atom stereocenters. The van der Waals surface area contributed by atoms with Crippen molar-refractivity contribution in [2.24, 2.45) is 11.0 Å². The number of amides is 1. The molecule has 0 heterocycles. The van der Waals surface area contributed by atoms with Crippen molar-refractivity contribution in [3.05, 3.63) is 0 Å². The number of nitriles is 1. The van der Waals surface area contributed by atoms with E-state index in [0.717, 1.165) is 31.9 Å². The second-order valence-corrected chi connectivity index (χ2v) is 2.84. The Kier molecular flexibility index (Phi) is 3.27. The summed E-state index contributed by atoms with van der Waals surface area (Å²) in [6, 6.07) is 1.71. The summed E-state index contributed by atoms with van der Waals surface area (Å²) in [4.78, 5) is 11.2. The van der Waals surface area contributed by atoms with E-state index in [0.29, 0.717) is 0 Å². The Bertz CT molecular complexity index is 223. The van der Waals surface area contributed by atoms with Crippen LogP contribution in [0, 0.1) is 17.2 Å². The maximum absolute atomic E-state index is 11.2. The smallest absolute Gasteiger partial charge is 0.243 e. The minimum atomic E-state index is -0.0565. The lowest BCUT2D eigenvalue weighted by atomic mass is 10.1. The molecular formula is C8H11N3O. The zero-order valence-corrected chi connectivity index (χ0v) is 6.79. The summed E-state index contributed by atoms with van der Waals surface area (Å²) in [5.74, 6) is 0.0554. The highest BCUT2D eigenvalue weighted by atomic mass is 16.2. The van der Waals surface area contributed by atoms with E-state index in [2.05, 4.69) is 10.5 Å². The molecule has 0 aromatic carbocycles.